The zero-order chi connectivity index (χ0) is 17.1. The number of rotatable bonds is 4. The highest BCUT2D eigenvalue weighted by atomic mass is 16.6. The minimum absolute atomic E-state index is 0.115. The monoisotopic (exact) mass is 331 g/mol. The summed E-state index contributed by atoms with van der Waals surface area (Å²) in [5, 5.41) is 2.75. The van der Waals surface area contributed by atoms with Crippen molar-refractivity contribution in [2.45, 2.75) is 19.8 Å². The smallest absolute Gasteiger partial charge is 0.325 e. The van der Waals surface area contributed by atoms with Crippen molar-refractivity contribution in [2.75, 3.05) is 18.5 Å². The highest BCUT2D eigenvalue weighted by Gasteiger charge is 2.13. The standard InChI is InChI=1S/C16H17N3O5/c1-9-11(15(21)19-16(22)17-9)3-5-14(20)18-10-2-4-12-13(8-10)24-7-6-23-12/h2,4,8H,3,5-7H2,1H3,(H,18,20)(H2,17,19,21,22). The second-order valence-electron chi connectivity index (χ2n) is 5.42. The molecule has 0 atom stereocenters. The molecule has 1 aromatic carbocycles. The summed E-state index contributed by atoms with van der Waals surface area (Å²) in [5.41, 5.74) is 0.435. The Hall–Kier alpha value is -3.03. The lowest BCUT2D eigenvalue weighted by molar-refractivity contribution is -0.116. The summed E-state index contributed by atoms with van der Waals surface area (Å²) >= 11 is 0. The maximum Gasteiger partial charge on any atom is 0.325 e. The molecule has 0 saturated carbocycles. The van der Waals surface area contributed by atoms with Gasteiger partial charge in [-0.3, -0.25) is 14.6 Å². The SMILES string of the molecule is Cc1[nH]c(=O)[nH]c(=O)c1CCC(=O)Nc1ccc2c(c1)OCCO2. The first-order valence-corrected chi connectivity index (χ1v) is 7.54. The van der Waals surface area contributed by atoms with Crippen LogP contribution in [0.2, 0.25) is 0 Å². The lowest BCUT2D eigenvalue weighted by Gasteiger charge is -2.19. The number of aromatic amines is 2. The lowest BCUT2D eigenvalue weighted by atomic mass is 10.1. The number of hydrogen-bond donors (Lipinski definition) is 3. The number of hydrogen-bond acceptors (Lipinski definition) is 5. The minimum atomic E-state index is -0.554. The Morgan fingerprint density at radius 1 is 1.17 bits per heavy atom. The molecule has 1 amide bonds. The van der Waals surface area contributed by atoms with Crippen LogP contribution in [0.15, 0.2) is 27.8 Å². The summed E-state index contributed by atoms with van der Waals surface area (Å²) < 4.78 is 10.9. The summed E-state index contributed by atoms with van der Waals surface area (Å²) in [4.78, 5) is 39.7. The largest absolute Gasteiger partial charge is 0.486 e. The summed E-state index contributed by atoms with van der Waals surface area (Å²) in [6.07, 6.45) is 0.346. The lowest BCUT2D eigenvalue weighted by Crippen LogP contribution is -2.27. The third-order valence-electron chi connectivity index (χ3n) is 3.68. The Labute approximate surface area is 136 Å². The summed E-state index contributed by atoms with van der Waals surface area (Å²) in [6.45, 7) is 2.61. The summed E-state index contributed by atoms with van der Waals surface area (Å²) in [7, 11) is 0. The molecule has 8 nitrogen and oxygen atoms in total. The highest BCUT2D eigenvalue weighted by Crippen LogP contribution is 2.32. The molecule has 0 unspecified atom stereocenters. The summed E-state index contributed by atoms with van der Waals surface area (Å²) in [5.74, 6) is 0.998. The first kappa shape index (κ1) is 15.9. The number of carbonyl (C=O) groups is 1. The second-order valence-corrected chi connectivity index (χ2v) is 5.42. The third kappa shape index (κ3) is 3.48. The predicted octanol–water partition coefficient (Wildman–Crippen LogP) is 0.714. The van der Waals surface area contributed by atoms with E-state index in [1.165, 1.54) is 0 Å². The van der Waals surface area contributed by atoms with Crippen LogP contribution in [0.25, 0.3) is 0 Å². The molecule has 126 valence electrons. The second kappa shape index (κ2) is 6.61. The van der Waals surface area contributed by atoms with Crippen molar-refractivity contribution < 1.29 is 14.3 Å². The maximum atomic E-state index is 12.1. The average molecular weight is 331 g/mol. The molecule has 3 N–H and O–H groups in total. The molecular weight excluding hydrogens is 314 g/mol. The fourth-order valence-electron chi connectivity index (χ4n) is 2.51. The van der Waals surface area contributed by atoms with Crippen LogP contribution < -0.4 is 26.0 Å². The van der Waals surface area contributed by atoms with Crippen LogP contribution in [0.4, 0.5) is 5.69 Å². The highest BCUT2D eigenvalue weighted by molar-refractivity contribution is 5.91. The molecule has 0 bridgehead atoms. The van der Waals surface area contributed by atoms with Gasteiger partial charge in [-0.25, -0.2) is 4.79 Å². The van der Waals surface area contributed by atoms with E-state index in [9.17, 15) is 14.4 Å². The minimum Gasteiger partial charge on any atom is -0.486 e. The van der Waals surface area contributed by atoms with Gasteiger partial charge >= 0.3 is 5.69 Å². The number of anilines is 1. The fraction of sp³-hybridized carbons (Fsp3) is 0.312. The van der Waals surface area contributed by atoms with Crippen molar-refractivity contribution in [1.29, 1.82) is 0 Å². The Balaban J connectivity index is 1.64. The molecule has 0 aliphatic carbocycles. The number of amides is 1. The molecule has 8 heteroatoms. The van der Waals surface area contributed by atoms with E-state index in [2.05, 4.69) is 15.3 Å². The molecule has 0 saturated heterocycles. The molecule has 0 fully saturated rings. The van der Waals surface area contributed by atoms with Gasteiger partial charge in [0.15, 0.2) is 11.5 Å². The van der Waals surface area contributed by atoms with Gasteiger partial charge in [-0.05, 0) is 25.5 Å². The van der Waals surface area contributed by atoms with Crippen LogP contribution in [-0.2, 0) is 11.2 Å². The van der Waals surface area contributed by atoms with Crippen LogP contribution in [-0.4, -0.2) is 29.1 Å². The van der Waals surface area contributed by atoms with Crippen LogP contribution >= 0.6 is 0 Å². The number of fused-ring (bicyclic) bond motifs is 1. The van der Waals surface area contributed by atoms with Crippen LogP contribution in [0, 0.1) is 6.92 Å². The van der Waals surface area contributed by atoms with Crippen molar-refractivity contribution in [3.05, 3.63) is 50.3 Å². The number of aryl methyl sites for hydroxylation is 1. The zero-order valence-corrected chi connectivity index (χ0v) is 13.1. The van der Waals surface area contributed by atoms with Gasteiger partial charge in [0.1, 0.15) is 13.2 Å². The normalized spacial score (nSPS) is 12.7. The topological polar surface area (TPSA) is 113 Å². The first-order chi connectivity index (χ1) is 11.5. The van der Waals surface area contributed by atoms with Gasteiger partial charge in [-0.1, -0.05) is 0 Å². The number of nitrogens with one attached hydrogen (secondary N) is 3. The Morgan fingerprint density at radius 3 is 2.67 bits per heavy atom. The average Bonchev–Trinajstić information content (AvgIpc) is 2.53. The quantitative estimate of drug-likeness (QED) is 0.764. The number of H-pyrrole nitrogens is 2. The number of ether oxygens (including phenoxy) is 2. The molecule has 0 radical (unpaired) electrons. The van der Waals surface area contributed by atoms with Crippen molar-refractivity contribution in [3.63, 3.8) is 0 Å². The fourth-order valence-corrected chi connectivity index (χ4v) is 2.51. The van der Waals surface area contributed by atoms with E-state index in [0.717, 1.165) is 0 Å². The molecule has 1 aromatic heterocycles. The zero-order valence-electron chi connectivity index (χ0n) is 13.1. The van der Waals surface area contributed by atoms with E-state index in [4.69, 9.17) is 9.47 Å². The molecular formula is C16H17N3O5. The van der Waals surface area contributed by atoms with Gasteiger partial charge in [0.25, 0.3) is 5.56 Å². The Kier molecular flexibility index (Phi) is 4.37. The van der Waals surface area contributed by atoms with Crippen LogP contribution in [0.3, 0.4) is 0 Å². The molecule has 0 spiro atoms. The first-order valence-electron chi connectivity index (χ1n) is 7.54. The summed E-state index contributed by atoms with van der Waals surface area (Å²) in [6, 6.07) is 5.16. The van der Waals surface area contributed by atoms with E-state index >= 15 is 0 Å². The van der Waals surface area contributed by atoms with E-state index in [1.54, 1.807) is 25.1 Å². The van der Waals surface area contributed by atoms with Gasteiger partial charge < -0.3 is 19.8 Å². The van der Waals surface area contributed by atoms with E-state index < -0.39 is 11.2 Å². The molecule has 24 heavy (non-hydrogen) atoms. The Bertz CT molecular complexity index is 884. The van der Waals surface area contributed by atoms with Gasteiger partial charge in [0.05, 0.1) is 0 Å². The molecule has 1 aliphatic heterocycles. The Morgan fingerprint density at radius 2 is 1.92 bits per heavy atom. The van der Waals surface area contributed by atoms with Gasteiger partial charge in [0.2, 0.25) is 5.91 Å². The van der Waals surface area contributed by atoms with E-state index in [1.807, 2.05) is 0 Å². The molecule has 1 aliphatic rings. The van der Waals surface area contributed by atoms with Crippen LogP contribution in [0.5, 0.6) is 11.5 Å². The van der Waals surface area contributed by atoms with Crippen molar-refractivity contribution >= 4 is 11.6 Å². The third-order valence-corrected chi connectivity index (χ3v) is 3.68. The molecule has 3 rings (SSSR count). The number of benzene rings is 1. The van der Waals surface area contributed by atoms with E-state index in [-0.39, 0.29) is 18.7 Å². The van der Waals surface area contributed by atoms with Crippen LogP contribution in [0.1, 0.15) is 17.7 Å². The predicted molar refractivity (Wildman–Crippen MR) is 86.8 cm³/mol. The van der Waals surface area contributed by atoms with Crippen molar-refractivity contribution in [3.8, 4) is 11.5 Å². The molecule has 2 aromatic rings. The van der Waals surface area contributed by atoms with E-state index in [0.29, 0.717) is 41.7 Å². The number of aromatic nitrogens is 2. The van der Waals surface area contributed by atoms with Gasteiger partial charge in [-0.15, -0.1) is 0 Å². The van der Waals surface area contributed by atoms with Gasteiger partial charge in [-0.2, -0.15) is 0 Å². The number of carbonyl (C=O) groups excluding carboxylic acids is 1. The maximum absolute atomic E-state index is 12.1. The van der Waals surface area contributed by atoms with Gasteiger partial charge in [0, 0.05) is 29.4 Å². The van der Waals surface area contributed by atoms with Crippen molar-refractivity contribution in [2.24, 2.45) is 0 Å². The van der Waals surface area contributed by atoms with Crippen molar-refractivity contribution in [1.82, 2.24) is 9.97 Å². The molecule has 2 heterocycles.